The van der Waals surface area contributed by atoms with Crippen LogP contribution in [0.5, 0.6) is 0 Å². The van der Waals surface area contributed by atoms with Crippen molar-refractivity contribution in [2.24, 2.45) is 5.92 Å². The van der Waals surface area contributed by atoms with Crippen molar-refractivity contribution in [1.29, 1.82) is 0 Å². The standard InChI is InChI=1S/C17H25ClN2/c1-12(2)7-8-20-11-14-9-15(18)5-6-16(14)19-10-17(20)13(3)4/h5-7,9,13,17,19H,8,10-11H2,1-4H3. The minimum atomic E-state index is 0.539. The second kappa shape index (κ2) is 6.64. The minimum absolute atomic E-state index is 0.539. The summed E-state index contributed by atoms with van der Waals surface area (Å²) in [6.45, 7) is 11.9. The zero-order valence-electron chi connectivity index (χ0n) is 12.9. The molecule has 1 unspecified atom stereocenters. The summed E-state index contributed by atoms with van der Waals surface area (Å²) in [5, 5.41) is 4.40. The number of rotatable bonds is 3. The normalized spacial score (nSPS) is 19.2. The molecule has 0 bridgehead atoms. The highest BCUT2D eigenvalue weighted by atomic mass is 35.5. The Morgan fingerprint density at radius 1 is 1.45 bits per heavy atom. The van der Waals surface area contributed by atoms with Gasteiger partial charge in [-0.15, -0.1) is 0 Å². The Balaban J connectivity index is 2.27. The maximum Gasteiger partial charge on any atom is 0.0410 e. The first kappa shape index (κ1) is 15.4. The molecule has 0 radical (unpaired) electrons. The van der Waals surface area contributed by atoms with E-state index in [-0.39, 0.29) is 0 Å². The second-order valence-corrected chi connectivity index (χ2v) is 6.64. The van der Waals surface area contributed by atoms with Crippen LogP contribution >= 0.6 is 11.6 Å². The molecular formula is C17H25ClN2. The van der Waals surface area contributed by atoms with Gasteiger partial charge in [-0.2, -0.15) is 0 Å². The van der Waals surface area contributed by atoms with Crippen LogP contribution < -0.4 is 5.32 Å². The Kier molecular flexibility index (Phi) is 5.11. The third-order valence-corrected chi connectivity index (χ3v) is 4.15. The van der Waals surface area contributed by atoms with E-state index >= 15 is 0 Å². The van der Waals surface area contributed by atoms with E-state index in [4.69, 9.17) is 11.6 Å². The molecular weight excluding hydrogens is 268 g/mol. The molecule has 1 atom stereocenters. The first-order chi connectivity index (χ1) is 9.47. The molecule has 0 fully saturated rings. The topological polar surface area (TPSA) is 15.3 Å². The molecule has 0 aliphatic carbocycles. The Bertz CT molecular complexity index is 490. The number of hydrogen-bond acceptors (Lipinski definition) is 2. The number of halogens is 1. The van der Waals surface area contributed by atoms with Gasteiger partial charge in [-0.05, 0) is 43.5 Å². The molecule has 0 amide bonds. The predicted molar refractivity (Wildman–Crippen MR) is 88.4 cm³/mol. The van der Waals surface area contributed by atoms with E-state index in [9.17, 15) is 0 Å². The molecule has 20 heavy (non-hydrogen) atoms. The number of benzene rings is 1. The molecule has 0 spiro atoms. The zero-order chi connectivity index (χ0) is 14.7. The van der Waals surface area contributed by atoms with Gasteiger partial charge in [0.15, 0.2) is 0 Å². The fourth-order valence-electron chi connectivity index (χ4n) is 2.70. The van der Waals surface area contributed by atoms with E-state index in [0.29, 0.717) is 12.0 Å². The molecule has 1 aromatic carbocycles. The lowest BCUT2D eigenvalue weighted by Gasteiger charge is -2.31. The molecule has 1 aliphatic rings. The molecule has 0 aromatic heterocycles. The van der Waals surface area contributed by atoms with E-state index in [2.05, 4.69) is 56.1 Å². The highest BCUT2D eigenvalue weighted by Crippen LogP contribution is 2.27. The van der Waals surface area contributed by atoms with Gasteiger partial charge >= 0.3 is 0 Å². The number of allylic oxidation sites excluding steroid dienone is 1. The van der Waals surface area contributed by atoms with Crippen LogP contribution in [0, 0.1) is 5.92 Å². The van der Waals surface area contributed by atoms with E-state index in [1.807, 2.05) is 6.07 Å². The van der Waals surface area contributed by atoms with Crippen LogP contribution in [0.25, 0.3) is 0 Å². The maximum atomic E-state index is 6.15. The quantitative estimate of drug-likeness (QED) is 0.822. The zero-order valence-corrected chi connectivity index (χ0v) is 13.7. The van der Waals surface area contributed by atoms with E-state index in [1.165, 1.54) is 16.8 Å². The van der Waals surface area contributed by atoms with Crippen molar-refractivity contribution < 1.29 is 0 Å². The summed E-state index contributed by atoms with van der Waals surface area (Å²) >= 11 is 6.15. The van der Waals surface area contributed by atoms with Gasteiger partial charge in [-0.3, -0.25) is 4.90 Å². The first-order valence-corrected chi connectivity index (χ1v) is 7.75. The summed E-state index contributed by atoms with van der Waals surface area (Å²) in [5.41, 5.74) is 3.89. The van der Waals surface area contributed by atoms with E-state index in [1.54, 1.807) is 0 Å². The molecule has 0 saturated heterocycles. The Morgan fingerprint density at radius 2 is 2.20 bits per heavy atom. The number of hydrogen-bond donors (Lipinski definition) is 1. The Hall–Kier alpha value is -0.990. The van der Waals surface area contributed by atoms with Gasteiger partial charge in [-0.1, -0.05) is 37.1 Å². The fraction of sp³-hybridized carbons (Fsp3) is 0.529. The van der Waals surface area contributed by atoms with E-state index < -0.39 is 0 Å². The third kappa shape index (κ3) is 3.77. The summed E-state index contributed by atoms with van der Waals surface area (Å²) in [4.78, 5) is 2.55. The molecule has 0 saturated carbocycles. The minimum Gasteiger partial charge on any atom is -0.383 e. The van der Waals surface area contributed by atoms with Crippen LogP contribution in [0.3, 0.4) is 0 Å². The van der Waals surface area contributed by atoms with Crippen LogP contribution in [0.15, 0.2) is 29.8 Å². The van der Waals surface area contributed by atoms with E-state index in [0.717, 1.165) is 24.7 Å². The molecule has 110 valence electrons. The van der Waals surface area contributed by atoms with Gasteiger partial charge < -0.3 is 5.32 Å². The molecule has 3 heteroatoms. The summed E-state index contributed by atoms with van der Waals surface area (Å²) in [6, 6.07) is 6.68. The van der Waals surface area contributed by atoms with Crippen LogP contribution in [0.4, 0.5) is 5.69 Å². The molecule has 1 N–H and O–H groups in total. The number of anilines is 1. The first-order valence-electron chi connectivity index (χ1n) is 7.37. The number of fused-ring (bicyclic) bond motifs is 1. The van der Waals surface area contributed by atoms with Crippen LogP contribution in [0.1, 0.15) is 33.3 Å². The third-order valence-electron chi connectivity index (χ3n) is 3.91. The SMILES string of the molecule is CC(C)=CCN1Cc2cc(Cl)ccc2NCC1C(C)C. The van der Waals surface area contributed by atoms with Crippen molar-refractivity contribution >= 4 is 17.3 Å². The monoisotopic (exact) mass is 292 g/mol. The summed E-state index contributed by atoms with van der Waals surface area (Å²) in [6.07, 6.45) is 2.31. The highest BCUT2D eigenvalue weighted by molar-refractivity contribution is 6.30. The number of nitrogens with zero attached hydrogens (tertiary/aromatic N) is 1. The van der Waals surface area contributed by atoms with Gasteiger partial charge in [0.2, 0.25) is 0 Å². The average Bonchev–Trinajstić information content (AvgIpc) is 2.54. The summed E-state index contributed by atoms with van der Waals surface area (Å²) in [5.74, 6) is 0.623. The Morgan fingerprint density at radius 3 is 2.85 bits per heavy atom. The van der Waals surface area contributed by atoms with Gasteiger partial charge in [0.1, 0.15) is 0 Å². The maximum absolute atomic E-state index is 6.15. The largest absolute Gasteiger partial charge is 0.383 e. The van der Waals surface area contributed by atoms with Crippen molar-refractivity contribution in [3.63, 3.8) is 0 Å². The molecule has 1 aromatic rings. The van der Waals surface area contributed by atoms with Crippen LogP contribution in [-0.2, 0) is 6.54 Å². The smallest absolute Gasteiger partial charge is 0.0410 e. The molecule has 1 heterocycles. The van der Waals surface area contributed by atoms with Gasteiger partial charge in [0, 0.05) is 36.4 Å². The number of nitrogens with one attached hydrogen (secondary N) is 1. The van der Waals surface area contributed by atoms with Crippen molar-refractivity contribution in [3.8, 4) is 0 Å². The lowest BCUT2D eigenvalue weighted by atomic mass is 10.0. The molecule has 2 nitrogen and oxygen atoms in total. The van der Waals surface area contributed by atoms with Gasteiger partial charge in [-0.25, -0.2) is 0 Å². The van der Waals surface area contributed by atoms with Crippen molar-refractivity contribution in [1.82, 2.24) is 4.90 Å². The van der Waals surface area contributed by atoms with Crippen molar-refractivity contribution in [3.05, 3.63) is 40.4 Å². The fourth-order valence-corrected chi connectivity index (χ4v) is 2.90. The van der Waals surface area contributed by atoms with Crippen molar-refractivity contribution in [2.75, 3.05) is 18.4 Å². The Labute approximate surface area is 127 Å². The molecule has 1 aliphatic heterocycles. The highest BCUT2D eigenvalue weighted by Gasteiger charge is 2.25. The summed E-state index contributed by atoms with van der Waals surface area (Å²) in [7, 11) is 0. The van der Waals surface area contributed by atoms with Crippen LogP contribution in [0.2, 0.25) is 5.02 Å². The predicted octanol–water partition coefficient (Wildman–Crippen LogP) is 4.56. The lowest BCUT2D eigenvalue weighted by Crippen LogP contribution is -2.41. The average molecular weight is 293 g/mol. The second-order valence-electron chi connectivity index (χ2n) is 6.20. The lowest BCUT2D eigenvalue weighted by molar-refractivity contribution is 0.176. The van der Waals surface area contributed by atoms with Crippen molar-refractivity contribution in [2.45, 2.75) is 40.3 Å². The molecule has 2 rings (SSSR count). The van der Waals surface area contributed by atoms with Gasteiger partial charge in [0.05, 0.1) is 0 Å². The van der Waals surface area contributed by atoms with Crippen LogP contribution in [-0.4, -0.2) is 24.0 Å². The van der Waals surface area contributed by atoms with Gasteiger partial charge in [0.25, 0.3) is 0 Å². The summed E-state index contributed by atoms with van der Waals surface area (Å²) < 4.78 is 0.